The van der Waals surface area contributed by atoms with Crippen molar-refractivity contribution in [3.63, 3.8) is 0 Å². The lowest BCUT2D eigenvalue weighted by atomic mass is 10.0. The van der Waals surface area contributed by atoms with E-state index in [0.29, 0.717) is 23.0 Å². The van der Waals surface area contributed by atoms with Crippen LogP contribution in [0.4, 0.5) is 10.5 Å². The van der Waals surface area contributed by atoms with Gasteiger partial charge in [0.15, 0.2) is 0 Å². The highest BCUT2D eigenvalue weighted by Crippen LogP contribution is 2.14. The molecule has 1 aromatic carbocycles. The molecule has 0 aromatic heterocycles. The van der Waals surface area contributed by atoms with Crippen LogP contribution in [0.15, 0.2) is 24.3 Å². The van der Waals surface area contributed by atoms with Crippen molar-refractivity contribution in [2.75, 3.05) is 12.4 Å². The summed E-state index contributed by atoms with van der Waals surface area (Å²) in [7, 11) is 1.55. The van der Waals surface area contributed by atoms with Crippen molar-refractivity contribution in [2.24, 2.45) is 5.92 Å². The number of nitrogens with one attached hydrogen (secondary N) is 3. The Balaban J connectivity index is 2.64. The Morgan fingerprint density at radius 2 is 2.00 bits per heavy atom. The van der Waals surface area contributed by atoms with Gasteiger partial charge in [-0.3, -0.25) is 4.79 Å². The molecule has 20 heavy (non-hydrogen) atoms. The Morgan fingerprint density at radius 3 is 2.55 bits per heavy atom. The Hall–Kier alpha value is -1.75. The van der Waals surface area contributed by atoms with Crippen molar-refractivity contribution in [1.82, 2.24) is 10.6 Å². The van der Waals surface area contributed by atoms with Crippen LogP contribution >= 0.6 is 11.6 Å². The van der Waals surface area contributed by atoms with E-state index < -0.39 is 12.1 Å². The first-order valence-corrected chi connectivity index (χ1v) is 6.85. The molecule has 1 aromatic rings. The normalized spacial score (nSPS) is 11.8. The molecule has 3 amide bonds. The summed E-state index contributed by atoms with van der Waals surface area (Å²) in [5.74, 6) is 0.0868. The van der Waals surface area contributed by atoms with E-state index in [1.807, 2.05) is 13.8 Å². The fourth-order valence-electron chi connectivity index (χ4n) is 1.77. The van der Waals surface area contributed by atoms with Gasteiger partial charge in [0.2, 0.25) is 5.91 Å². The number of rotatable bonds is 5. The minimum absolute atomic E-state index is 0.208. The van der Waals surface area contributed by atoms with Crippen LogP contribution in [0.2, 0.25) is 5.02 Å². The van der Waals surface area contributed by atoms with E-state index in [2.05, 4.69) is 16.0 Å². The first-order chi connectivity index (χ1) is 9.42. The summed E-state index contributed by atoms with van der Waals surface area (Å²) >= 11 is 5.84. The number of hydrogen-bond donors (Lipinski definition) is 3. The average Bonchev–Trinajstić information content (AvgIpc) is 2.36. The van der Waals surface area contributed by atoms with Crippen LogP contribution in [0.1, 0.15) is 20.3 Å². The maximum Gasteiger partial charge on any atom is 0.319 e. The standard InChI is InChI=1S/C14H20ClN3O2/c1-9(2)7-12(13(19)16-3)18-14(20)17-11-6-4-5-10(15)8-11/h4-6,8-9,12H,7H2,1-3H3,(H,16,19)(H2,17,18,20)/t12-/m0/s1. The van der Waals surface area contributed by atoms with Crippen LogP contribution < -0.4 is 16.0 Å². The lowest BCUT2D eigenvalue weighted by Gasteiger charge is -2.19. The molecular formula is C14H20ClN3O2. The Labute approximate surface area is 124 Å². The lowest BCUT2D eigenvalue weighted by Crippen LogP contribution is -2.47. The molecule has 110 valence electrons. The van der Waals surface area contributed by atoms with Crippen LogP contribution in [0, 0.1) is 5.92 Å². The lowest BCUT2D eigenvalue weighted by molar-refractivity contribution is -0.122. The molecule has 0 bridgehead atoms. The molecular weight excluding hydrogens is 278 g/mol. The van der Waals surface area contributed by atoms with Crippen LogP contribution in [0.25, 0.3) is 0 Å². The smallest absolute Gasteiger partial charge is 0.319 e. The van der Waals surface area contributed by atoms with Crippen LogP contribution in [0.5, 0.6) is 0 Å². The van der Waals surface area contributed by atoms with Gasteiger partial charge in [0.25, 0.3) is 0 Å². The van der Waals surface area contributed by atoms with E-state index in [1.165, 1.54) is 0 Å². The molecule has 0 aliphatic carbocycles. The van der Waals surface area contributed by atoms with E-state index >= 15 is 0 Å². The number of hydrogen-bond acceptors (Lipinski definition) is 2. The summed E-state index contributed by atoms with van der Waals surface area (Å²) in [5.41, 5.74) is 0.579. The number of carbonyl (C=O) groups is 2. The zero-order valence-corrected chi connectivity index (χ0v) is 12.6. The van der Waals surface area contributed by atoms with E-state index in [0.717, 1.165) is 0 Å². The van der Waals surface area contributed by atoms with Crippen molar-refractivity contribution in [3.05, 3.63) is 29.3 Å². The second-order valence-corrected chi connectivity index (χ2v) is 5.34. The topological polar surface area (TPSA) is 70.2 Å². The van der Waals surface area contributed by atoms with Gasteiger partial charge in [0, 0.05) is 17.8 Å². The third-order valence-electron chi connectivity index (χ3n) is 2.66. The van der Waals surface area contributed by atoms with Gasteiger partial charge in [0.1, 0.15) is 6.04 Å². The van der Waals surface area contributed by atoms with Crippen LogP contribution in [0.3, 0.4) is 0 Å². The predicted molar refractivity (Wildman–Crippen MR) is 80.9 cm³/mol. The third kappa shape index (κ3) is 5.48. The maximum absolute atomic E-state index is 11.9. The number of halogens is 1. The molecule has 0 aliphatic rings. The van der Waals surface area contributed by atoms with Crippen LogP contribution in [-0.4, -0.2) is 25.0 Å². The largest absolute Gasteiger partial charge is 0.357 e. The SMILES string of the molecule is CNC(=O)[C@H](CC(C)C)NC(=O)Nc1cccc(Cl)c1. The van der Waals surface area contributed by atoms with E-state index in [4.69, 9.17) is 11.6 Å². The average molecular weight is 298 g/mol. The van der Waals surface area contributed by atoms with Gasteiger partial charge < -0.3 is 16.0 Å². The van der Waals surface area contributed by atoms with Gasteiger partial charge in [-0.2, -0.15) is 0 Å². The summed E-state index contributed by atoms with van der Waals surface area (Å²) in [5, 5.41) is 8.39. The fourth-order valence-corrected chi connectivity index (χ4v) is 1.96. The van der Waals surface area contributed by atoms with Gasteiger partial charge in [-0.05, 0) is 30.5 Å². The molecule has 1 rings (SSSR count). The molecule has 0 aliphatic heterocycles. The highest BCUT2D eigenvalue weighted by atomic mass is 35.5. The van der Waals surface area contributed by atoms with Gasteiger partial charge in [-0.1, -0.05) is 31.5 Å². The number of carbonyl (C=O) groups excluding carboxylic acids is 2. The molecule has 0 saturated heterocycles. The second kappa shape index (κ2) is 7.75. The highest BCUT2D eigenvalue weighted by molar-refractivity contribution is 6.30. The van der Waals surface area contributed by atoms with E-state index in [9.17, 15) is 9.59 Å². The van der Waals surface area contributed by atoms with Crippen molar-refractivity contribution >= 4 is 29.2 Å². The monoisotopic (exact) mass is 297 g/mol. The van der Waals surface area contributed by atoms with Crippen molar-refractivity contribution in [3.8, 4) is 0 Å². The number of urea groups is 1. The molecule has 0 radical (unpaired) electrons. The molecule has 3 N–H and O–H groups in total. The quantitative estimate of drug-likeness (QED) is 0.782. The summed E-state index contributed by atoms with van der Waals surface area (Å²) in [4.78, 5) is 23.6. The molecule has 0 heterocycles. The Kier molecular flexibility index (Phi) is 6.31. The minimum Gasteiger partial charge on any atom is -0.357 e. The summed E-state index contributed by atoms with van der Waals surface area (Å²) in [6.07, 6.45) is 0.572. The molecule has 0 saturated carbocycles. The van der Waals surface area contributed by atoms with E-state index in [1.54, 1.807) is 31.3 Å². The summed E-state index contributed by atoms with van der Waals surface area (Å²) in [6.45, 7) is 3.99. The first-order valence-electron chi connectivity index (χ1n) is 6.47. The van der Waals surface area contributed by atoms with Gasteiger partial charge in [-0.25, -0.2) is 4.79 Å². The third-order valence-corrected chi connectivity index (χ3v) is 2.89. The number of anilines is 1. The number of likely N-dealkylation sites (N-methyl/N-ethyl adjacent to an activating group) is 1. The van der Waals surface area contributed by atoms with Crippen molar-refractivity contribution < 1.29 is 9.59 Å². The van der Waals surface area contributed by atoms with E-state index in [-0.39, 0.29) is 5.91 Å². The predicted octanol–water partition coefficient (Wildman–Crippen LogP) is 2.62. The molecule has 0 unspecified atom stereocenters. The van der Waals surface area contributed by atoms with Gasteiger partial charge >= 0.3 is 6.03 Å². The first kappa shape index (κ1) is 16.3. The molecule has 1 atom stereocenters. The van der Waals surface area contributed by atoms with Crippen molar-refractivity contribution in [2.45, 2.75) is 26.3 Å². The maximum atomic E-state index is 11.9. The zero-order chi connectivity index (χ0) is 15.1. The van der Waals surface area contributed by atoms with Crippen LogP contribution in [-0.2, 0) is 4.79 Å². The van der Waals surface area contributed by atoms with Gasteiger partial charge in [0.05, 0.1) is 0 Å². The number of amides is 3. The zero-order valence-electron chi connectivity index (χ0n) is 11.9. The van der Waals surface area contributed by atoms with Gasteiger partial charge in [-0.15, -0.1) is 0 Å². The Bertz CT molecular complexity index is 477. The Morgan fingerprint density at radius 1 is 1.30 bits per heavy atom. The minimum atomic E-state index is -0.556. The summed E-state index contributed by atoms with van der Waals surface area (Å²) < 4.78 is 0. The van der Waals surface area contributed by atoms with Crippen molar-refractivity contribution in [1.29, 1.82) is 0 Å². The molecule has 0 fully saturated rings. The second-order valence-electron chi connectivity index (χ2n) is 4.91. The summed E-state index contributed by atoms with van der Waals surface area (Å²) in [6, 6.07) is 5.83. The molecule has 6 heteroatoms. The fraction of sp³-hybridized carbons (Fsp3) is 0.429. The molecule has 0 spiro atoms. The molecule has 5 nitrogen and oxygen atoms in total. The number of benzene rings is 1. The highest BCUT2D eigenvalue weighted by Gasteiger charge is 2.20.